The van der Waals surface area contributed by atoms with Gasteiger partial charge < -0.3 is 10.1 Å². The summed E-state index contributed by atoms with van der Waals surface area (Å²) in [6.07, 6.45) is 7.00. The van der Waals surface area contributed by atoms with Gasteiger partial charge in [-0.15, -0.1) is 21.5 Å². The molecule has 0 unspecified atom stereocenters. The van der Waals surface area contributed by atoms with Crippen LogP contribution >= 0.6 is 11.3 Å². The lowest BCUT2D eigenvalue weighted by Gasteiger charge is -1.99. The molecule has 102 valence electrons. The number of nitrogens with zero attached hydrogens (tertiary/aromatic N) is 2. The summed E-state index contributed by atoms with van der Waals surface area (Å²) in [4.78, 5) is 0. The van der Waals surface area contributed by atoms with E-state index in [0.29, 0.717) is 0 Å². The fourth-order valence-electron chi connectivity index (χ4n) is 1.79. The van der Waals surface area contributed by atoms with E-state index in [1.54, 1.807) is 11.3 Å². The molecule has 2 rings (SSSR count). The summed E-state index contributed by atoms with van der Waals surface area (Å²) in [5.74, 6) is 0. The zero-order chi connectivity index (χ0) is 12.6. The third kappa shape index (κ3) is 5.42. The van der Waals surface area contributed by atoms with E-state index in [2.05, 4.69) is 15.5 Å². The van der Waals surface area contributed by atoms with Crippen LogP contribution in [0.25, 0.3) is 0 Å². The molecule has 0 aromatic carbocycles. The highest BCUT2D eigenvalue weighted by Gasteiger charge is 2.19. The Hall–Kier alpha value is -0.520. The van der Waals surface area contributed by atoms with Crippen LogP contribution in [-0.2, 0) is 17.6 Å². The summed E-state index contributed by atoms with van der Waals surface area (Å²) in [5, 5.41) is 14.3. The molecular weight excluding hydrogens is 246 g/mol. The molecule has 1 saturated carbocycles. The molecule has 0 atom stereocenters. The summed E-state index contributed by atoms with van der Waals surface area (Å²) >= 11 is 1.76. The van der Waals surface area contributed by atoms with E-state index in [1.165, 1.54) is 24.3 Å². The van der Waals surface area contributed by atoms with Gasteiger partial charge in [0.2, 0.25) is 0 Å². The molecule has 1 aliphatic rings. The second kappa shape index (κ2) is 7.81. The van der Waals surface area contributed by atoms with Crippen LogP contribution in [0.5, 0.6) is 0 Å². The predicted molar refractivity (Wildman–Crippen MR) is 74.1 cm³/mol. The SMILES string of the molecule is CCOCCCc1nnc(CCCNC2CC2)s1. The highest BCUT2D eigenvalue weighted by atomic mass is 32.1. The normalized spacial score (nSPS) is 15.2. The van der Waals surface area contributed by atoms with Gasteiger partial charge in [0.25, 0.3) is 0 Å². The molecule has 1 fully saturated rings. The van der Waals surface area contributed by atoms with E-state index in [9.17, 15) is 0 Å². The van der Waals surface area contributed by atoms with Gasteiger partial charge in [-0.2, -0.15) is 0 Å². The molecule has 0 radical (unpaired) electrons. The van der Waals surface area contributed by atoms with E-state index in [4.69, 9.17) is 4.74 Å². The van der Waals surface area contributed by atoms with Gasteiger partial charge >= 0.3 is 0 Å². The van der Waals surface area contributed by atoms with E-state index >= 15 is 0 Å². The molecule has 1 heterocycles. The molecule has 1 aromatic rings. The minimum atomic E-state index is 0.801. The van der Waals surface area contributed by atoms with Gasteiger partial charge in [-0.3, -0.25) is 0 Å². The molecule has 18 heavy (non-hydrogen) atoms. The Morgan fingerprint density at radius 2 is 1.94 bits per heavy atom. The number of aryl methyl sites for hydroxylation is 2. The zero-order valence-corrected chi connectivity index (χ0v) is 12.0. The number of ether oxygens (including phenoxy) is 1. The maximum atomic E-state index is 5.32. The molecule has 0 amide bonds. The first-order chi connectivity index (χ1) is 8.88. The van der Waals surface area contributed by atoms with Gasteiger partial charge in [-0.1, -0.05) is 0 Å². The molecule has 0 aliphatic heterocycles. The lowest BCUT2D eigenvalue weighted by Crippen LogP contribution is -2.17. The van der Waals surface area contributed by atoms with Crippen molar-refractivity contribution in [3.05, 3.63) is 10.0 Å². The Morgan fingerprint density at radius 1 is 1.22 bits per heavy atom. The van der Waals surface area contributed by atoms with Crippen molar-refractivity contribution in [2.24, 2.45) is 0 Å². The van der Waals surface area contributed by atoms with Gasteiger partial charge in [-0.05, 0) is 39.2 Å². The average molecular weight is 269 g/mol. The summed E-state index contributed by atoms with van der Waals surface area (Å²) in [7, 11) is 0. The van der Waals surface area contributed by atoms with Gasteiger partial charge in [0, 0.05) is 32.1 Å². The Balaban J connectivity index is 1.56. The van der Waals surface area contributed by atoms with Crippen molar-refractivity contribution in [1.82, 2.24) is 15.5 Å². The quantitative estimate of drug-likeness (QED) is 0.661. The third-order valence-electron chi connectivity index (χ3n) is 2.97. The third-order valence-corrected chi connectivity index (χ3v) is 4.01. The van der Waals surface area contributed by atoms with E-state index in [1.807, 2.05) is 6.92 Å². The lowest BCUT2D eigenvalue weighted by atomic mass is 10.3. The Kier molecular flexibility index (Phi) is 6.04. The molecule has 1 aromatic heterocycles. The number of aromatic nitrogens is 2. The molecule has 0 bridgehead atoms. The standard InChI is InChI=1S/C13H23N3OS/c1-2-17-10-4-6-13-16-15-12(18-13)5-3-9-14-11-7-8-11/h11,14H,2-10H2,1H3. The van der Waals surface area contributed by atoms with Crippen LogP contribution in [0, 0.1) is 0 Å². The van der Waals surface area contributed by atoms with Crippen LogP contribution in [0.2, 0.25) is 0 Å². The number of hydrogen-bond donors (Lipinski definition) is 1. The van der Waals surface area contributed by atoms with E-state index in [-0.39, 0.29) is 0 Å². The lowest BCUT2D eigenvalue weighted by molar-refractivity contribution is 0.145. The summed E-state index contributed by atoms with van der Waals surface area (Å²) in [5.41, 5.74) is 0. The van der Waals surface area contributed by atoms with Gasteiger partial charge in [0.05, 0.1) is 0 Å². The van der Waals surface area contributed by atoms with Crippen LogP contribution in [-0.4, -0.2) is 36.0 Å². The molecule has 1 N–H and O–H groups in total. The molecule has 1 aliphatic carbocycles. The van der Waals surface area contributed by atoms with Crippen molar-refractivity contribution >= 4 is 11.3 Å². The number of rotatable bonds is 10. The Morgan fingerprint density at radius 3 is 2.61 bits per heavy atom. The predicted octanol–water partition coefficient (Wildman–Crippen LogP) is 2.19. The van der Waals surface area contributed by atoms with Crippen molar-refractivity contribution in [2.75, 3.05) is 19.8 Å². The van der Waals surface area contributed by atoms with Crippen LogP contribution < -0.4 is 5.32 Å². The summed E-state index contributed by atoms with van der Waals surface area (Å²) in [6.45, 7) is 4.77. The van der Waals surface area contributed by atoms with Gasteiger partial charge in [0.1, 0.15) is 10.0 Å². The molecule has 5 heteroatoms. The van der Waals surface area contributed by atoms with Gasteiger partial charge in [-0.25, -0.2) is 0 Å². The van der Waals surface area contributed by atoms with Crippen LogP contribution in [0.3, 0.4) is 0 Å². The zero-order valence-electron chi connectivity index (χ0n) is 11.2. The average Bonchev–Trinajstić information content (AvgIpc) is 3.10. The topological polar surface area (TPSA) is 47.0 Å². The fourth-order valence-corrected chi connectivity index (χ4v) is 2.72. The summed E-state index contributed by atoms with van der Waals surface area (Å²) in [6, 6.07) is 0.813. The van der Waals surface area contributed by atoms with Crippen molar-refractivity contribution < 1.29 is 4.74 Å². The monoisotopic (exact) mass is 269 g/mol. The number of hydrogen-bond acceptors (Lipinski definition) is 5. The van der Waals surface area contributed by atoms with Gasteiger partial charge in [0.15, 0.2) is 0 Å². The van der Waals surface area contributed by atoms with Crippen LogP contribution in [0.15, 0.2) is 0 Å². The van der Waals surface area contributed by atoms with Crippen molar-refractivity contribution in [3.8, 4) is 0 Å². The first-order valence-electron chi connectivity index (χ1n) is 7.01. The second-order valence-electron chi connectivity index (χ2n) is 4.72. The number of nitrogens with one attached hydrogen (secondary N) is 1. The second-order valence-corrected chi connectivity index (χ2v) is 5.87. The highest BCUT2D eigenvalue weighted by Crippen LogP contribution is 2.18. The molecule has 0 saturated heterocycles. The Bertz CT molecular complexity index is 339. The van der Waals surface area contributed by atoms with E-state index in [0.717, 1.165) is 50.1 Å². The maximum absolute atomic E-state index is 5.32. The molecule has 4 nitrogen and oxygen atoms in total. The van der Waals surface area contributed by atoms with Crippen molar-refractivity contribution in [1.29, 1.82) is 0 Å². The smallest absolute Gasteiger partial charge is 0.117 e. The largest absolute Gasteiger partial charge is 0.382 e. The van der Waals surface area contributed by atoms with Crippen LogP contribution in [0.4, 0.5) is 0 Å². The maximum Gasteiger partial charge on any atom is 0.117 e. The van der Waals surface area contributed by atoms with Crippen LogP contribution in [0.1, 0.15) is 42.6 Å². The minimum Gasteiger partial charge on any atom is -0.382 e. The Labute approximate surface area is 113 Å². The van der Waals surface area contributed by atoms with Crippen molar-refractivity contribution in [2.45, 2.75) is 51.5 Å². The highest BCUT2D eigenvalue weighted by molar-refractivity contribution is 7.11. The fraction of sp³-hybridized carbons (Fsp3) is 0.846. The summed E-state index contributed by atoms with van der Waals surface area (Å²) < 4.78 is 5.32. The van der Waals surface area contributed by atoms with Crippen molar-refractivity contribution in [3.63, 3.8) is 0 Å². The first kappa shape index (κ1) is 13.9. The first-order valence-corrected chi connectivity index (χ1v) is 7.82. The van der Waals surface area contributed by atoms with E-state index < -0.39 is 0 Å². The molecule has 0 spiro atoms. The minimum absolute atomic E-state index is 0.801. The molecular formula is C13H23N3OS.